The number of hydrogen-bond donors (Lipinski definition) is 1. The molecule has 24 heavy (non-hydrogen) atoms. The summed E-state index contributed by atoms with van der Waals surface area (Å²) in [6.45, 7) is 1.29. The second-order valence-corrected chi connectivity index (χ2v) is 6.04. The van der Waals surface area contributed by atoms with Gasteiger partial charge in [-0.2, -0.15) is 0 Å². The minimum absolute atomic E-state index is 0.00928. The number of imide groups is 1. The summed E-state index contributed by atoms with van der Waals surface area (Å²) in [4.78, 5) is 35.9. The van der Waals surface area contributed by atoms with E-state index in [2.05, 4.69) is 5.32 Å². The third kappa shape index (κ3) is 3.21. The minimum atomic E-state index is -0.719. The normalized spacial score (nSPS) is 10.5. The number of aryl methyl sites for hydroxylation is 1. The van der Waals surface area contributed by atoms with Crippen LogP contribution in [0.3, 0.4) is 0 Å². The Morgan fingerprint density at radius 3 is 2.67 bits per heavy atom. The Balaban J connectivity index is 1.61. The summed E-state index contributed by atoms with van der Waals surface area (Å²) in [6.07, 6.45) is 1.32. The van der Waals surface area contributed by atoms with Gasteiger partial charge in [0, 0.05) is 4.70 Å². The Morgan fingerprint density at radius 2 is 1.96 bits per heavy atom. The molecule has 7 heteroatoms. The number of furan rings is 1. The lowest BCUT2D eigenvalue weighted by molar-refractivity contribution is -0.123. The van der Waals surface area contributed by atoms with Crippen molar-refractivity contribution in [2.24, 2.45) is 0 Å². The fourth-order valence-corrected chi connectivity index (χ4v) is 3.30. The van der Waals surface area contributed by atoms with Gasteiger partial charge in [0.05, 0.1) is 6.26 Å². The van der Waals surface area contributed by atoms with Crippen molar-refractivity contribution >= 4 is 39.2 Å². The van der Waals surface area contributed by atoms with Crippen molar-refractivity contribution in [3.05, 3.63) is 58.9 Å². The van der Waals surface area contributed by atoms with Crippen molar-refractivity contribution in [1.82, 2.24) is 5.32 Å². The molecule has 1 N–H and O–H groups in total. The molecule has 0 spiro atoms. The van der Waals surface area contributed by atoms with Gasteiger partial charge in [0.15, 0.2) is 12.4 Å². The molecule has 1 aromatic carbocycles. The fraction of sp³-hybridized carbons (Fsp3) is 0.118. The number of amides is 2. The van der Waals surface area contributed by atoms with Gasteiger partial charge in [-0.15, -0.1) is 11.3 Å². The molecule has 0 aliphatic heterocycles. The number of hydrogen-bond acceptors (Lipinski definition) is 6. The van der Waals surface area contributed by atoms with Gasteiger partial charge < -0.3 is 9.15 Å². The van der Waals surface area contributed by atoms with Crippen LogP contribution in [0.25, 0.3) is 10.1 Å². The molecule has 0 aliphatic carbocycles. The average molecular weight is 343 g/mol. The minimum Gasteiger partial charge on any atom is -0.459 e. The topological polar surface area (TPSA) is 85.6 Å². The Morgan fingerprint density at radius 1 is 1.17 bits per heavy atom. The lowest BCUT2D eigenvalue weighted by Gasteiger charge is -2.04. The van der Waals surface area contributed by atoms with Gasteiger partial charge >= 0.3 is 5.97 Å². The highest BCUT2D eigenvalue weighted by Crippen LogP contribution is 2.30. The van der Waals surface area contributed by atoms with Crippen molar-refractivity contribution in [3.63, 3.8) is 0 Å². The smallest absolute Gasteiger partial charge is 0.349 e. The van der Waals surface area contributed by atoms with Gasteiger partial charge in [0.1, 0.15) is 4.88 Å². The van der Waals surface area contributed by atoms with E-state index in [1.54, 1.807) is 0 Å². The molecular formula is C17H13NO5S. The third-order valence-corrected chi connectivity index (χ3v) is 4.61. The quantitative estimate of drug-likeness (QED) is 0.736. The first-order valence-corrected chi connectivity index (χ1v) is 7.91. The maximum atomic E-state index is 12.2. The molecule has 3 aromatic rings. The number of carbonyl (C=O) groups is 3. The van der Waals surface area contributed by atoms with Gasteiger partial charge in [-0.25, -0.2) is 4.79 Å². The standard InChI is InChI=1S/C17H13NO5S/c1-10-11-5-2-3-7-13(11)24-15(10)17(21)23-9-14(19)18-16(20)12-6-4-8-22-12/h2-8H,9H2,1H3,(H,18,19,20). The van der Waals surface area contributed by atoms with Gasteiger partial charge in [-0.1, -0.05) is 18.2 Å². The van der Waals surface area contributed by atoms with E-state index in [4.69, 9.17) is 9.15 Å². The first-order chi connectivity index (χ1) is 11.6. The zero-order valence-corrected chi connectivity index (χ0v) is 13.5. The van der Waals surface area contributed by atoms with Crippen LogP contribution in [0.5, 0.6) is 0 Å². The second kappa shape index (κ2) is 6.67. The Hall–Kier alpha value is -2.93. The second-order valence-electron chi connectivity index (χ2n) is 4.98. The fourth-order valence-electron chi connectivity index (χ4n) is 2.20. The summed E-state index contributed by atoms with van der Waals surface area (Å²) in [5.41, 5.74) is 0.813. The summed E-state index contributed by atoms with van der Waals surface area (Å²) in [5, 5.41) is 3.06. The molecule has 3 rings (SSSR count). The van der Waals surface area contributed by atoms with Crippen molar-refractivity contribution in [2.45, 2.75) is 6.92 Å². The highest BCUT2D eigenvalue weighted by Gasteiger charge is 2.19. The van der Waals surface area contributed by atoms with Crippen LogP contribution in [0.15, 0.2) is 47.1 Å². The number of benzene rings is 1. The third-order valence-electron chi connectivity index (χ3n) is 3.36. The predicted molar refractivity (Wildman–Crippen MR) is 88.0 cm³/mol. The maximum absolute atomic E-state index is 12.2. The van der Waals surface area contributed by atoms with Crippen LogP contribution in [0.1, 0.15) is 25.8 Å². The number of esters is 1. The van der Waals surface area contributed by atoms with Gasteiger partial charge in [-0.3, -0.25) is 14.9 Å². The zero-order chi connectivity index (χ0) is 17.1. The van der Waals surface area contributed by atoms with Gasteiger partial charge in [0.25, 0.3) is 11.8 Å². The van der Waals surface area contributed by atoms with Gasteiger partial charge in [-0.05, 0) is 36.1 Å². The molecular weight excluding hydrogens is 330 g/mol. The van der Waals surface area contributed by atoms with Crippen LogP contribution in [0.2, 0.25) is 0 Å². The summed E-state index contributed by atoms with van der Waals surface area (Å²) < 4.78 is 10.8. The van der Waals surface area contributed by atoms with E-state index in [9.17, 15) is 14.4 Å². The van der Waals surface area contributed by atoms with E-state index < -0.39 is 24.4 Å². The molecule has 0 aliphatic rings. The van der Waals surface area contributed by atoms with Crippen LogP contribution in [-0.4, -0.2) is 24.4 Å². The van der Waals surface area contributed by atoms with Crippen molar-refractivity contribution in [1.29, 1.82) is 0 Å². The monoisotopic (exact) mass is 343 g/mol. The number of ether oxygens (including phenoxy) is 1. The van der Waals surface area contributed by atoms with Crippen LogP contribution in [-0.2, 0) is 9.53 Å². The molecule has 0 fully saturated rings. The molecule has 0 saturated heterocycles. The van der Waals surface area contributed by atoms with Gasteiger partial charge in [0.2, 0.25) is 0 Å². The summed E-state index contributed by atoms with van der Waals surface area (Å²) >= 11 is 1.31. The number of fused-ring (bicyclic) bond motifs is 1. The van der Waals surface area contributed by atoms with Crippen LogP contribution < -0.4 is 5.32 Å². The molecule has 122 valence electrons. The maximum Gasteiger partial charge on any atom is 0.349 e. The number of rotatable bonds is 4. The summed E-state index contributed by atoms with van der Waals surface area (Å²) in [7, 11) is 0. The molecule has 2 heterocycles. The molecule has 2 amide bonds. The van der Waals surface area contributed by atoms with E-state index in [0.29, 0.717) is 4.88 Å². The molecule has 0 atom stereocenters. The van der Waals surface area contributed by atoms with E-state index in [1.165, 1.54) is 29.7 Å². The van der Waals surface area contributed by atoms with Crippen LogP contribution in [0.4, 0.5) is 0 Å². The highest BCUT2D eigenvalue weighted by molar-refractivity contribution is 7.21. The van der Waals surface area contributed by atoms with Crippen molar-refractivity contribution in [2.75, 3.05) is 6.61 Å². The SMILES string of the molecule is Cc1c(C(=O)OCC(=O)NC(=O)c2ccco2)sc2ccccc12. The largest absolute Gasteiger partial charge is 0.459 e. The van der Waals surface area contributed by atoms with Crippen molar-refractivity contribution < 1.29 is 23.5 Å². The highest BCUT2D eigenvalue weighted by atomic mass is 32.1. The van der Waals surface area contributed by atoms with E-state index >= 15 is 0 Å². The molecule has 2 aromatic heterocycles. The lowest BCUT2D eigenvalue weighted by atomic mass is 10.1. The molecule has 0 saturated carbocycles. The van der Waals surface area contributed by atoms with Crippen LogP contribution in [0, 0.1) is 6.92 Å². The average Bonchev–Trinajstić information content (AvgIpc) is 3.21. The zero-order valence-electron chi connectivity index (χ0n) is 12.7. The molecule has 0 bridgehead atoms. The number of thiophene rings is 1. The Labute approximate surface area is 141 Å². The van der Waals surface area contributed by atoms with Crippen LogP contribution >= 0.6 is 11.3 Å². The summed E-state index contributed by atoms with van der Waals surface area (Å²) in [6, 6.07) is 10.6. The van der Waals surface area contributed by atoms with E-state index in [0.717, 1.165) is 15.6 Å². The first kappa shape index (κ1) is 15.9. The molecule has 0 radical (unpaired) electrons. The number of nitrogens with one attached hydrogen (secondary N) is 1. The lowest BCUT2D eigenvalue weighted by Crippen LogP contribution is -2.33. The Kier molecular flexibility index (Phi) is 4.43. The van der Waals surface area contributed by atoms with Crippen molar-refractivity contribution in [3.8, 4) is 0 Å². The number of carbonyl (C=O) groups excluding carboxylic acids is 3. The van der Waals surface area contributed by atoms with E-state index in [-0.39, 0.29) is 5.76 Å². The Bertz CT molecular complexity index is 910. The molecule has 0 unspecified atom stereocenters. The molecule has 6 nitrogen and oxygen atoms in total. The first-order valence-electron chi connectivity index (χ1n) is 7.09. The summed E-state index contributed by atoms with van der Waals surface area (Å²) in [5.74, 6) is -1.98. The van der Waals surface area contributed by atoms with E-state index in [1.807, 2.05) is 31.2 Å². The predicted octanol–water partition coefficient (Wildman–Crippen LogP) is 2.92.